The van der Waals surface area contributed by atoms with Gasteiger partial charge in [-0.15, -0.1) is 11.8 Å². The number of carboxylic acids is 1. The van der Waals surface area contributed by atoms with Gasteiger partial charge in [0.2, 0.25) is 0 Å². The van der Waals surface area contributed by atoms with Crippen LogP contribution in [0.15, 0.2) is 12.1 Å². The predicted molar refractivity (Wildman–Crippen MR) is 62.6 cm³/mol. The largest absolute Gasteiger partial charge is 0.480 e. The van der Waals surface area contributed by atoms with Gasteiger partial charge in [-0.3, -0.25) is 4.79 Å². The molecule has 0 spiro atoms. The first-order valence-corrected chi connectivity index (χ1v) is 5.96. The molecule has 0 radical (unpaired) electrons. The van der Waals surface area contributed by atoms with Gasteiger partial charge < -0.3 is 5.11 Å². The second-order valence-electron chi connectivity index (χ2n) is 2.85. The molecule has 0 saturated heterocycles. The molecule has 1 atom stereocenters. The number of pyridine rings is 1. The van der Waals surface area contributed by atoms with Crippen LogP contribution in [-0.2, 0) is 10.5 Å². The van der Waals surface area contributed by atoms with Crippen LogP contribution in [0.3, 0.4) is 0 Å². The maximum Gasteiger partial charge on any atom is 0.316 e. The molecule has 1 N–H and O–H groups in total. The number of rotatable bonds is 4. The van der Waals surface area contributed by atoms with Crippen LogP contribution in [0.1, 0.15) is 12.6 Å². The normalized spacial score (nSPS) is 12.5. The summed E-state index contributed by atoms with van der Waals surface area (Å²) in [5, 5.41) is 9.06. The van der Waals surface area contributed by atoms with Gasteiger partial charge in [0, 0.05) is 5.75 Å². The Hall–Kier alpha value is -0.450. The van der Waals surface area contributed by atoms with Crippen molar-refractivity contribution in [1.82, 2.24) is 4.98 Å². The summed E-state index contributed by atoms with van der Waals surface area (Å²) < 4.78 is 0. The van der Waals surface area contributed by atoms with Crippen LogP contribution in [0.5, 0.6) is 0 Å². The molecule has 15 heavy (non-hydrogen) atoms. The number of aliphatic carboxylic acids is 1. The first-order chi connectivity index (χ1) is 7.00. The third-order valence-corrected chi connectivity index (χ3v) is 3.40. The van der Waals surface area contributed by atoms with E-state index in [0.29, 0.717) is 21.6 Å². The maximum atomic E-state index is 10.6. The van der Waals surface area contributed by atoms with Gasteiger partial charge in [-0.25, -0.2) is 4.98 Å². The maximum absolute atomic E-state index is 10.6. The molecule has 0 aliphatic rings. The fraction of sp³-hybridized carbons (Fsp3) is 0.333. The zero-order valence-corrected chi connectivity index (χ0v) is 10.2. The highest BCUT2D eigenvalue weighted by Gasteiger charge is 2.13. The standard InChI is InChI=1S/C9H9Cl2NO2S/c1-5(9(13)14)15-4-7-6(10)2-3-8(11)12-7/h2-3,5H,4H2,1H3,(H,13,14). The van der Waals surface area contributed by atoms with Crippen LogP contribution in [0, 0.1) is 0 Å². The SMILES string of the molecule is CC(SCc1nc(Cl)ccc1Cl)C(=O)O. The number of hydrogen-bond donors (Lipinski definition) is 1. The first kappa shape index (κ1) is 12.6. The van der Waals surface area contributed by atoms with Crippen molar-refractivity contribution in [1.29, 1.82) is 0 Å². The van der Waals surface area contributed by atoms with Gasteiger partial charge in [-0.05, 0) is 19.1 Å². The van der Waals surface area contributed by atoms with Crippen molar-refractivity contribution in [2.45, 2.75) is 17.9 Å². The van der Waals surface area contributed by atoms with Crippen molar-refractivity contribution in [3.05, 3.63) is 28.0 Å². The van der Waals surface area contributed by atoms with E-state index in [9.17, 15) is 4.79 Å². The van der Waals surface area contributed by atoms with Crippen molar-refractivity contribution in [2.75, 3.05) is 0 Å². The summed E-state index contributed by atoms with van der Waals surface area (Å²) >= 11 is 12.8. The highest BCUT2D eigenvalue weighted by atomic mass is 35.5. The van der Waals surface area contributed by atoms with Gasteiger partial charge in [-0.2, -0.15) is 0 Å². The Morgan fingerprint density at radius 2 is 2.27 bits per heavy atom. The van der Waals surface area contributed by atoms with Gasteiger partial charge in [0.15, 0.2) is 0 Å². The third-order valence-electron chi connectivity index (χ3n) is 1.70. The number of thioether (sulfide) groups is 1. The molecular formula is C9H9Cl2NO2S. The quantitative estimate of drug-likeness (QED) is 0.851. The number of carboxylic acid groups (broad SMARTS) is 1. The lowest BCUT2D eigenvalue weighted by Gasteiger charge is -2.06. The molecule has 6 heteroatoms. The zero-order chi connectivity index (χ0) is 11.4. The lowest BCUT2D eigenvalue weighted by Crippen LogP contribution is -2.11. The molecule has 3 nitrogen and oxygen atoms in total. The summed E-state index contributed by atoms with van der Waals surface area (Å²) in [6.45, 7) is 1.62. The van der Waals surface area contributed by atoms with Gasteiger partial charge in [0.25, 0.3) is 0 Å². The molecule has 0 aliphatic carbocycles. The minimum Gasteiger partial charge on any atom is -0.480 e. The Morgan fingerprint density at radius 3 is 2.87 bits per heavy atom. The van der Waals surface area contributed by atoms with Gasteiger partial charge in [0.1, 0.15) is 5.15 Å². The Morgan fingerprint density at radius 1 is 1.60 bits per heavy atom. The lowest BCUT2D eigenvalue weighted by atomic mass is 10.4. The molecule has 1 aromatic heterocycles. The minimum atomic E-state index is -0.849. The summed E-state index contributed by atoms with van der Waals surface area (Å²) in [4.78, 5) is 14.6. The van der Waals surface area contributed by atoms with E-state index >= 15 is 0 Å². The van der Waals surface area contributed by atoms with E-state index in [0.717, 1.165) is 0 Å². The molecule has 0 aliphatic heterocycles. The van der Waals surface area contributed by atoms with Crippen LogP contribution in [0.2, 0.25) is 10.2 Å². The van der Waals surface area contributed by atoms with E-state index in [1.54, 1.807) is 19.1 Å². The van der Waals surface area contributed by atoms with E-state index < -0.39 is 11.2 Å². The van der Waals surface area contributed by atoms with E-state index in [4.69, 9.17) is 28.3 Å². The zero-order valence-electron chi connectivity index (χ0n) is 7.91. The first-order valence-electron chi connectivity index (χ1n) is 4.16. The molecule has 1 rings (SSSR count). The fourth-order valence-electron chi connectivity index (χ4n) is 0.834. The number of aromatic nitrogens is 1. The van der Waals surface area contributed by atoms with Gasteiger partial charge in [0.05, 0.1) is 16.0 Å². The molecule has 0 saturated carbocycles. The summed E-state index contributed by atoms with van der Waals surface area (Å²) in [5.41, 5.74) is 0.613. The summed E-state index contributed by atoms with van der Waals surface area (Å²) in [6.07, 6.45) is 0. The monoisotopic (exact) mass is 265 g/mol. The van der Waals surface area contributed by atoms with Crippen molar-refractivity contribution in [2.24, 2.45) is 0 Å². The second kappa shape index (κ2) is 5.58. The smallest absolute Gasteiger partial charge is 0.316 e. The van der Waals surface area contributed by atoms with E-state index in [-0.39, 0.29) is 0 Å². The Balaban J connectivity index is 2.65. The molecule has 1 aromatic rings. The number of halogens is 2. The number of carbonyl (C=O) groups is 1. The molecule has 0 bridgehead atoms. The minimum absolute atomic E-state index is 0.359. The van der Waals surface area contributed by atoms with Crippen LogP contribution < -0.4 is 0 Å². The summed E-state index contributed by atoms with van der Waals surface area (Å²) in [7, 11) is 0. The Labute approximate surface area is 102 Å². The molecule has 0 amide bonds. The van der Waals surface area contributed by atoms with Gasteiger partial charge >= 0.3 is 5.97 Å². The molecule has 1 unspecified atom stereocenters. The van der Waals surface area contributed by atoms with Crippen LogP contribution >= 0.6 is 35.0 Å². The lowest BCUT2D eigenvalue weighted by molar-refractivity contribution is -0.136. The van der Waals surface area contributed by atoms with Crippen LogP contribution in [0.4, 0.5) is 0 Å². The molecule has 0 fully saturated rings. The van der Waals surface area contributed by atoms with Crippen molar-refractivity contribution < 1.29 is 9.90 Å². The predicted octanol–water partition coefficient (Wildman–Crippen LogP) is 3.09. The third kappa shape index (κ3) is 3.89. The van der Waals surface area contributed by atoms with Gasteiger partial charge in [-0.1, -0.05) is 23.2 Å². The average molecular weight is 266 g/mol. The Kier molecular flexibility index (Phi) is 4.70. The molecule has 82 valence electrons. The van der Waals surface area contributed by atoms with Crippen molar-refractivity contribution in [3.8, 4) is 0 Å². The van der Waals surface area contributed by atoms with Crippen LogP contribution in [-0.4, -0.2) is 21.3 Å². The van der Waals surface area contributed by atoms with Crippen molar-refractivity contribution in [3.63, 3.8) is 0 Å². The average Bonchev–Trinajstić information content (AvgIpc) is 2.18. The topological polar surface area (TPSA) is 50.2 Å². The molecular weight excluding hydrogens is 257 g/mol. The molecule has 0 aromatic carbocycles. The number of nitrogens with zero attached hydrogens (tertiary/aromatic N) is 1. The highest BCUT2D eigenvalue weighted by Crippen LogP contribution is 2.23. The van der Waals surface area contributed by atoms with E-state index in [2.05, 4.69) is 4.98 Å². The van der Waals surface area contributed by atoms with E-state index in [1.165, 1.54) is 11.8 Å². The highest BCUT2D eigenvalue weighted by molar-refractivity contribution is 7.99. The van der Waals surface area contributed by atoms with E-state index in [1.807, 2.05) is 0 Å². The Bertz CT molecular complexity index is 373. The fourth-order valence-corrected chi connectivity index (χ4v) is 2.02. The summed E-state index contributed by atoms with van der Waals surface area (Å²) in [5.74, 6) is -0.412. The summed E-state index contributed by atoms with van der Waals surface area (Å²) in [6, 6.07) is 3.25. The van der Waals surface area contributed by atoms with Crippen LogP contribution in [0.25, 0.3) is 0 Å². The molecule has 1 heterocycles. The second-order valence-corrected chi connectivity index (χ2v) is 4.98. The number of hydrogen-bond acceptors (Lipinski definition) is 3. The van der Waals surface area contributed by atoms with Crippen molar-refractivity contribution >= 4 is 40.9 Å².